The van der Waals surface area contributed by atoms with Gasteiger partial charge in [0, 0.05) is 12.6 Å². The second kappa shape index (κ2) is 6.31. The van der Waals surface area contributed by atoms with Gasteiger partial charge in [-0.3, -0.25) is 9.89 Å². The van der Waals surface area contributed by atoms with Crippen molar-refractivity contribution in [3.63, 3.8) is 0 Å². The van der Waals surface area contributed by atoms with Crippen molar-refractivity contribution in [1.29, 1.82) is 0 Å². The number of nitrogens with zero attached hydrogens (tertiary/aromatic N) is 2. The van der Waals surface area contributed by atoms with E-state index in [4.69, 9.17) is 16.3 Å². The summed E-state index contributed by atoms with van der Waals surface area (Å²) in [4.78, 5) is 13.6. The molecule has 1 heterocycles. The van der Waals surface area contributed by atoms with Crippen molar-refractivity contribution in [3.05, 3.63) is 46.1 Å². The summed E-state index contributed by atoms with van der Waals surface area (Å²) in [7, 11) is 2.83. The Balaban J connectivity index is 2.30. The first kappa shape index (κ1) is 16.2. The summed E-state index contributed by atoms with van der Waals surface area (Å²) >= 11 is 5.97. The summed E-state index contributed by atoms with van der Waals surface area (Å²) in [5.74, 6) is -1.60. The van der Waals surface area contributed by atoms with E-state index in [9.17, 15) is 13.6 Å². The summed E-state index contributed by atoms with van der Waals surface area (Å²) in [5, 5.41) is 6.25. The molecule has 0 saturated heterocycles. The Hall–Kier alpha value is -2.15. The van der Waals surface area contributed by atoms with Crippen LogP contribution >= 0.6 is 11.6 Å². The van der Waals surface area contributed by atoms with Crippen LogP contribution in [0.2, 0.25) is 5.02 Å². The number of H-pyrrole nitrogens is 1. The zero-order valence-electron chi connectivity index (χ0n) is 12.2. The zero-order chi connectivity index (χ0) is 16.4. The molecular weight excluding hydrogens is 316 g/mol. The smallest absolute Gasteiger partial charge is 0.273 e. The predicted molar refractivity (Wildman–Crippen MR) is 77.0 cm³/mol. The summed E-state index contributed by atoms with van der Waals surface area (Å²) in [6.07, 6.45) is 0. The van der Waals surface area contributed by atoms with Crippen LogP contribution in [0.15, 0.2) is 18.2 Å². The van der Waals surface area contributed by atoms with Gasteiger partial charge in [0.15, 0.2) is 0 Å². The molecule has 1 atom stereocenters. The van der Waals surface area contributed by atoms with Crippen molar-refractivity contribution < 1.29 is 18.3 Å². The molecule has 0 bridgehead atoms. The number of carbonyl (C=O) groups is 1. The molecule has 1 N–H and O–H groups in total. The zero-order valence-corrected chi connectivity index (χ0v) is 12.9. The molecule has 5 nitrogen and oxygen atoms in total. The summed E-state index contributed by atoms with van der Waals surface area (Å²) in [6.45, 7) is 1.58. The molecule has 1 amide bonds. The third-order valence-electron chi connectivity index (χ3n) is 3.39. The lowest BCUT2D eigenvalue weighted by molar-refractivity contribution is 0.0734. The van der Waals surface area contributed by atoms with Gasteiger partial charge in [-0.15, -0.1) is 5.10 Å². The van der Waals surface area contributed by atoms with Crippen molar-refractivity contribution in [2.24, 2.45) is 0 Å². The van der Waals surface area contributed by atoms with Gasteiger partial charge in [0.05, 0.1) is 13.2 Å². The molecule has 0 spiro atoms. The minimum absolute atomic E-state index is 0.0182. The number of hydrogen-bond donors (Lipinski definition) is 1. The minimum atomic E-state index is -0.700. The van der Waals surface area contributed by atoms with Gasteiger partial charge in [-0.25, -0.2) is 8.78 Å². The monoisotopic (exact) mass is 329 g/mol. The molecule has 1 unspecified atom stereocenters. The first-order valence-electron chi connectivity index (χ1n) is 6.36. The van der Waals surface area contributed by atoms with E-state index in [0.717, 1.165) is 18.2 Å². The Labute approximate surface area is 130 Å². The molecule has 0 saturated carbocycles. The maximum Gasteiger partial charge on any atom is 0.273 e. The van der Waals surface area contributed by atoms with E-state index in [2.05, 4.69) is 10.2 Å². The van der Waals surface area contributed by atoms with Crippen LogP contribution in [0.1, 0.15) is 29.0 Å². The lowest BCUT2D eigenvalue weighted by Gasteiger charge is -2.25. The molecule has 0 radical (unpaired) electrons. The van der Waals surface area contributed by atoms with Crippen molar-refractivity contribution in [3.8, 4) is 5.88 Å². The van der Waals surface area contributed by atoms with Gasteiger partial charge in [-0.2, -0.15) is 0 Å². The Morgan fingerprint density at radius 1 is 1.45 bits per heavy atom. The number of rotatable bonds is 4. The number of hydrogen-bond acceptors (Lipinski definition) is 3. The first-order chi connectivity index (χ1) is 10.4. The topological polar surface area (TPSA) is 58.2 Å². The molecule has 1 aromatic heterocycles. The van der Waals surface area contributed by atoms with E-state index in [-0.39, 0.29) is 22.2 Å². The number of aromatic nitrogens is 2. The van der Waals surface area contributed by atoms with Gasteiger partial charge in [-0.05, 0) is 25.1 Å². The average molecular weight is 330 g/mol. The average Bonchev–Trinajstić information content (AvgIpc) is 2.88. The fourth-order valence-corrected chi connectivity index (χ4v) is 2.23. The predicted octanol–water partition coefficient (Wildman–Crippen LogP) is 3.18. The number of benzene rings is 1. The minimum Gasteiger partial charge on any atom is -0.479 e. The van der Waals surface area contributed by atoms with E-state index in [1.165, 1.54) is 19.1 Å². The number of aromatic amines is 1. The van der Waals surface area contributed by atoms with Gasteiger partial charge in [0.25, 0.3) is 11.8 Å². The summed E-state index contributed by atoms with van der Waals surface area (Å²) in [5.41, 5.74) is 0.0862. The van der Waals surface area contributed by atoms with Crippen LogP contribution < -0.4 is 4.74 Å². The second-order valence-electron chi connectivity index (χ2n) is 4.68. The fraction of sp³-hybridized carbons (Fsp3) is 0.286. The van der Waals surface area contributed by atoms with Gasteiger partial charge in [-0.1, -0.05) is 11.6 Å². The second-order valence-corrected chi connectivity index (χ2v) is 5.06. The highest BCUT2D eigenvalue weighted by atomic mass is 35.5. The number of ether oxygens (including phenoxy) is 1. The SMILES string of the molecule is COc1n[nH]c(C(=O)N(C)C(C)c2cc(F)ccc2F)c1Cl. The van der Waals surface area contributed by atoms with Crippen LogP contribution in [-0.2, 0) is 0 Å². The maximum atomic E-state index is 13.8. The molecule has 0 aliphatic carbocycles. The summed E-state index contributed by atoms with van der Waals surface area (Å²) < 4.78 is 32.0. The molecule has 2 aromatic rings. The Bertz CT molecular complexity index is 705. The third-order valence-corrected chi connectivity index (χ3v) is 3.74. The molecule has 118 valence electrons. The third kappa shape index (κ3) is 2.89. The van der Waals surface area contributed by atoms with E-state index < -0.39 is 23.6 Å². The highest BCUT2D eigenvalue weighted by molar-refractivity contribution is 6.34. The Kier molecular flexibility index (Phi) is 4.65. The van der Waals surface area contributed by atoms with Crippen molar-refractivity contribution in [1.82, 2.24) is 15.1 Å². The highest BCUT2D eigenvalue weighted by Crippen LogP contribution is 2.29. The number of halogens is 3. The van der Waals surface area contributed by atoms with Gasteiger partial charge >= 0.3 is 0 Å². The van der Waals surface area contributed by atoms with Crippen LogP contribution in [0.3, 0.4) is 0 Å². The maximum absolute atomic E-state index is 13.8. The van der Waals surface area contributed by atoms with Gasteiger partial charge in [0.2, 0.25) is 0 Å². The van der Waals surface area contributed by atoms with Gasteiger partial charge in [0.1, 0.15) is 22.4 Å². The molecule has 2 rings (SSSR count). The van der Waals surface area contributed by atoms with E-state index in [1.54, 1.807) is 6.92 Å². The molecule has 0 aliphatic rings. The van der Waals surface area contributed by atoms with E-state index >= 15 is 0 Å². The lowest BCUT2D eigenvalue weighted by Crippen LogP contribution is -2.30. The molecule has 1 aromatic carbocycles. The van der Waals surface area contributed by atoms with Crippen LogP contribution in [0, 0.1) is 11.6 Å². The van der Waals surface area contributed by atoms with E-state index in [1.807, 2.05) is 0 Å². The van der Waals surface area contributed by atoms with Crippen molar-refractivity contribution >= 4 is 17.5 Å². The number of amides is 1. The van der Waals surface area contributed by atoms with Crippen molar-refractivity contribution in [2.75, 3.05) is 14.2 Å². The van der Waals surface area contributed by atoms with Crippen LogP contribution in [-0.4, -0.2) is 35.2 Å². The number of methoxy groups -OCH3 is 1. The normalized spacial score (nSPS) is 12.1. The van der Waals surface area contributed by atoms with Crippen LogP contribution in [0.25, 0.3) is 0 Å². The number of carbonyl (C=O) groups excluding carboxylic acids is 1. The van der Waals surface area contributed by atoms with Crippen molar-refractivity contribution in [2.45, 2.75) is 13.0 Å². The highest BCUT2D eigenvalue weighted by Gasteiger charge is 2.26. The quantitative estimate of drug-likeness (QED) is 0.937. The Morgan fingerprint density at radius 2 is 2.14 bits per heavy atom. The molecule has 22 heavy (non-hydrogen) atoms. The molecular formula is C14H14ClF2N3O2. The fourth-order valence-electron chi connectivity index (χ4n) is 1.98. The van der Waals surface area contributed by atoms with Gasteiger partial charge < -0.3 is 9.64 Å². The standard InChI is InChI=1S/C14H14ClF2N3O2/c1-7(9-6-8(16)4-5-10(9)17)20(2)14(21)12-11(15)13(22-3)19-18-12/h4-7H,1-3H3,(H,18,19). The number of nitrogens with one attached hydrogen (secondary N) is 1. The molecule has 0 fully saturated rings. The largest absolute Gasteiger partial charge is 0.479 e. The molecule has 8 heteroatoms. The molecule has 0 aliphatic heterocycles. The lowest BCUT2D eigenvalue weighted by atomic mass is 10.1. The van der Waals surface area contributed by atoms with Crippen LogP contribution in [0.5, 0.6) is 5.88 Å². The van der Waals surface area contributed by atoms with E-state index in [0.29, 0.717) is 0 Å². The first-order valence-corrected chi connectivity index (χ1v) is 6.74. The Morgan fingerprint density at radius 3 is 2.73 bits per heavy atom. The summed E-state index contributed by atoms with van der Waals surface area (Å²) in [6, 6.07) is 2.39. The van der Waals surface area contributed by atoms with Crippen LogP contribution in [0.4, 0.5) is 8.78 Å².